The van der Waals surface area contributed by atoms with Crippen LogP contribution >= 0.6 is 11.6 Å². The molecule has 35 heavy (non-hydrogen) atoms. The second-order valence-electron chi connectivity index (χ2n) is 8.05. The highest BCUT2D eigenvalue weighted by Crippen LogP contribution is 2.24. The van der Waals surface area contributed by atoms with E-state index in [1.54, 1.807) is 41.2 Å². The number of nitrogens with one attached hydrogen (secondary N) is 1. The molecular weight excluding hydrogens is 468 g/mol. The van der Waals surface area contributed by atoms with Gasteiger partial charge in [0.2, 0.25) is 5.91 Å². The van der Waals surface area contributed by atoms with Crippen molar-refractivity contribution in [1.29, 1.82) is 0 Å². The molecule has 1 N–H and O–H groups in total. The Kier molecular flexibility index (Phi) is 6.24. The number of anilines is 1. The molecule has 9 nitrogen and oxygen atoms in total. The lowest BCUT2D eigenvalue weighted by Crippen LogP contribution is -2.28. The molecule has 5 aromatic rings. The number of aromatic nitrogens is 5. The van der Waals surface area contributed by atoms with Gasteiger partial charge in [-0.05, 0) is 48.9 Å². The molecule has 0 aliphatic heterocycles. The molecule has 0 radical (unpaired) electrons. The third kappa shape index (κ3) is 4.63. The Labute approximate surface area is 205 Å². The summed E-state index contributed by atoms with van der Waals surface area (Å²) in [4.78, 5) is 25.4. The van der Waals surface area contributed by atoms with Crippen LogP contribution in [0.1, 0.15) is 19.8 Å². The molecular formula is C25H23ClN6O3. The number of halogens is 1. The molecule has 3 heterocycles. The molecule has 3 aromatic heterocycles. The summed E-state index contributed by atoms with van der Waals surface area (Å²) in [6.07, 6.45) is 5.36. The highest BCUT2D eigenvalue weighted by molar-refractivity contribution is 6.33. The monoisotopic (exact) mass is 490 g/mol. The topological polar surface area (TPSA) is 94.9 Å². The summed E-state index contributed by atoms with van der Waals surface area (Å²) in [5.74, 6) is 0.406. The maximum absolute atomic E-state index is 12.9. The fraction of sp³-hybridized carbons (Fsp3) is 0.200. The largest absolute Gasteiger partial charge is 0.494 e. The van der Waals surface area contributed by atoms with Crippen LogP contribution in [0.2, 0.25) is 5.02 Å². The van der Waals surface area contributed by atoms with E-state index in [2.05, 4.69) is 22.4 Å². The number of ether oxygens (including phenoxy) is 1. The number of fused-ring (bicyclic) bond motifs is 3. The highest BCUT2D eigenvalue weighted by Gasteiger charge is 2.16. The first-order chi connectivity index (χ1) is 17.0. The zero-order valence-electron chi connectivity index (χ0n) is 19.0. The normalized spacial score (nSPS) is 11.3. The molecule has 0 aliphatic rings. The first-order valence-electron chi connectivity index (χ1n) is 11.3. The molecule has 0 aliphatic carbocycles. The van der Waals surface area contributed by atoms with Gasteiger partial charge in [-0.1, -0.05) is 37.1 Å². The van der Waals surface area contributed by atoms with Crippen LogP contribution in [0.25, 0.3) is 22.4 Å². The average molecular weight is 491 g/mol. The molecule has 1 amide bonds. The van der Waals surface area contributed by atoms with Gasteiger partial charge >= 0.3 is 5.69 Å². The van der Waals surface area contributed by atoms with Gasteiger partial charge in [-0.25, -0.2) is 18.4 Å². The number of benzene rings is 2. The number of hydrogen-bond acceptors (Lipinski definition) is 5. The Morgan fingerprint density at radius 3 is 2.66 bits per heavy atom. The number of carbonyl (C=O) groups excluding carboxylic acids is 1. The molecule has 0 saturated heterocycles. The van der Waals surface area contributed by atoms with Crippen molar-refractivity contribution in [1.82, 2.24) is 23.8 Å². The number of carbonyl (C=O) groups is 1. The summed E-state index contributed by atoms with van der Waals surface area (Å²) in [5, 5.41) is 12.1. The number of rotatable bonds is 8. The van der Waals surface area contributed by atoms with Gasteiger partial charge in [0.1, 0.15) is 17.8 Å². The van der Waals surface area contributed by atoms with Crippen molar-refractivity contribution in [3.05, 3.63) is 82.5 Å². The Bertz CT molecular complexity index is 1570. The Morgan fingerprint density at radius 2 is 1.89 bits per heavy atom. The lowest BCUT2D eigenvalue weighted by atomic mass is 10.1. The summed E-state index contributed by atoms with van der Waals surface area (Å²) < 4.78 is 9.91. The summed E-state index contributed by atoms with van der Waals surface area (Å²) in [7, 11) is 0. The highest BCUT2D eigenvalue weighted by atomic mass is 35.5. The van der Waals surface area contributed by atoms with Gasteiger partial charge in [0, 0.05) is 18.0 Å². The lowest BCUT2D eigenvalue weighted by molar-refractivity contribution is -0.117. The van der Waals surface area contributed by atoms with Gasteiger partial charge in [0.15, 0.2) is 5.65 Å². The molecule has 178 valence electrons. The van der Waals surface area contributed by atoms with Gasteiger partial charge in [-0.2, -0.15) is 5.10 Å². The van der Waals surface area contributed by atoms with Crippen molar-refractivity contribution in [3.63, 3.8) is 0 Å². The van der Waals surface area contributed by atoms with Crippen molar-refractivity contribution in [3.8, 4) is 17.0 Å². The summed E-state index contributed by atoms with van der Waals surface area (Å²) >= 11 is 6.10. The standard InChI is InChI=1S/C25H23ClN6O3/c1-2-3-14-35-18-10-8-17(9-11-18)21-15-22-24-29-32(25(34)30(24)12-13-31(22)28-21)16-23(33)27-20-7-5-4-6-19(20)26/h4-13,15H,2-3,14,16H2,1H3,(H,27,33). The van der Waals surface area contributed by atoms with E-state index in [4.69, 9.17) is 16.3 Å². The minimum Gasteiger partial charge on any atom is -0.494 e. The van der Waals surface area contributed by atoms with E-state index in [0.29, 0.717) is 28.5 Å². The zero-order chi connectivity index (χ0) is 24.4. The van der Waals surface area contributed by atoms with Crippen molar-refractivity contribution in [2.45, 2.75) is 26.3 Å². The number of nitrogens with zero attached hydrogens (tertiary/aromatic N) is 5. The molecule has 0 saturated carbocycles. The third-order valence-electron chi connectivity index (χ3n) is 5.55. The number of para-hydroxylation sites is 1. The quantitative estimate of drug-likeness (QED) is 0.327. The van der Waals surface area contributed by atoms with Crippen molar-refractivity contribution >= 4 is 34.4 Å². The van der Waals surface area contributed by atoms with Crippen molar-refractivity contribution in [2.24, 2.45) is 0 Å². The molecule has 0 fully saturated rings. The SMILES string of the molecule is CCCCOc1ccc(-c2cc3c4nn(CC(=O)Nc5ccccc5Cl)c(=O)n4ccn3n2)cc1. The van der Waals surface area contributed by atoms with Crippen molar-refractivity contribution in [2.75, 3.05) is 11.9 Å². The van der Waals surface area contributed by atoms with E-state index in [0.717, 1.165) is 34.5 Å². The molecule has 10 heteroatoms. The fourth-order valence-corrected chi connectivity index (χ4v) is 3.91. The minimum absolute atomic E-state index is 0.252. The van der Waals surface area contributed by atoms with Crippen LogP contribution in [0.3, 0.4) is 0 Å². The van der Waals surface area contributed by atoms with Crippen LogP contribution in [0, 0.1) is 0 Å². The second-order valence-corrected chi connectivity index (χ2v) is 8.45. The molecule has 2 aromatic carbocycles. The Balaban J connectivity index is 1.41. The van der Waals surface area contributed by atoms with Gasteiger partial charge in [0.05, 0.1) is 23.0 Å². The summed E-state index contributed by atoms with van der Waals surface area (Å²) in [5.41, 5.74) is 2.75. The zero-order valence-corrected chi connectivity index (χ0v) is 19.8. The lowest BCUT2D eigenvalue weighted by Gasteiger charge is -2.06. The van der Waals surface area contributed by atoms with Crippen LogP contribution in [-0.2, 0) is 11.3 Å². The molecule has 0 atom stereocenters. The number of unbranched alkanes of at least 4 members (excludes halogenated alkanes) is 1. The van der Waals surface area contributed by atoms with Gasteiger partial charge < -0.3 is 10.1 Å². The Morgan fingerprint density at radius 1 is 1.09 bits per heavy atom. The molecule has 0 spiro atoms. The maximum Gasteiger partial charge on any atom is 0.350 e. The predicted octanol–water partition coefficient (Wildman–Crippen LogP) is 4.28. The molecule has 0 bridgehead atoms. The number of hydrogen-bond donors (Lipinski definition) is 1. The first kappa shape index (κ1) is 22.7. The van der Waals surface area contributed by atoms with E-state index < -0.39 is 11.6 Å². The fourth-order valence-electron chi connectivity index (χ4n) is 3.72. The van der Waals surface area contributed by atoms with E-state index in [1.807, 2.05) is 30.3 Å². The van der Waals surface area contributed by atoms with Crippen LogP contribution < -0.4 is 15.7 Å². The average Bonchev–Trinajstić information content (AvgIpc) is 3.43. The van der Waals surface area contributed by atoms with Gasteiger partial charge in [0.25, 0.3) is 0 Å². The van der Waals surface area contributed by atoms with E-state index >= 15 is 0 Å². The molecule has 0 unspecified atom stereocenters. The van der Waals surface area contributed by atoms with Gasteiger partial charge in [-0.3, -0.25) is 4.79 Å². The van der Waals surface area contributed by atoms with E-state index in [9.17, 15) is 9.59 Å². The smallest absolute Gasteiger partial charge is 0.350 e. The van der Waals surface area contributed by atoms with Crippen LogP contribution in [-0.4, -0.2) is 36.3 Å². The predicted molar refractivity (Wildman–Crippen MR) is 134 cm³/mol. The van der Waals surface area contributed by atoms with E-state index in [1.165, 1.54) is 4.40 Å². The summed E-state index contributed by atoms with van der Waals surface area (Å²) in [6, 6.07) is 16.5. The maximum atomic E-state index is 12.9. The second kappa shape index (κ2) is 9.63. The van der Waals surface area contributed by atoms with Gasteiger partial charge in [-0.15, -0.1) is 5.10 Å². The Hall–Kier alpha value is -4.11. The van der Waals surface area contributed by atoms with Crippen LogP contribution in [0.15, 0.2) is 71.8 Å². The molecule has 5 rings (SSSR count). The van der Waals surface area contributed by atoms with E-state index in [-0.39, 0.29) is 6.54 Å². The minimum atomic E-state index is -0.423. The number of amides is 1. The summed E-state index contributed by atoms with van der Waals surface area (Å²) in [6.45, 7) is 2.56. The first-order valence-corrected chi connectivity index (χ1v) is 11.7. The van der Waals surface area contributed by atoms with Crippen LogP contribution in [0.5, 0.6) is 5.75 Å². The van der Waals surface area contributed by atoms with Crippen molar-refractivity contribution < 1.29 is 9.53 Å². The third-order valence-corrected chi connectivity index (χ3v) is 5.88. The van der Waals surface area contributed by atoms with Crippen LogP contribution in [0.4, 0.5) is 5.69 Å².